The van der Waals surface area contributed by atoms with E-state index in [1.165, 1.54) is 6.20 Å². The number of nitrogen functional groups attached to an aromatic ring is 1. The first-order chi connectivity index (χ1) is 6.15. The van der Waals surface area contributed by atoms with Gasteiger partial charge in [-0.1, -0.05) is 0 Å². The zero-order valence-electron chi connectivity index (χ0n) is 7.70. The molecule has 4 heteroatoms. The molecule has 0 aromatic carbocycles. The average molecular weight is 180 g/mol. The predicted octanol–water partition coefficient (Wildman–Crippen LogP) is 1.15. The normalized spacial score (nSPS) is 9.69. The number of hydrogen-bond donors (Lipinski definition) is 1. The molecule has 1 rings (SSSR count). The van der Waals surface area contributed by atoms with E-state index in [2.05, 4.69) is 4.98 Å². The van der Waals surface area contributed by atoms with Crippen molar-refractivity contribution in [3.8, 4) is 0 Å². The standard InChI is InChI=1S/C9H12N2O2/c1-3-13-9(12)7-5-11-6(2)4-8(7)10/h4-5H,3H2,1-2H3,(H2,10,11). The molecule has 0 radical (unpaired) electrons. The molecule has 0 aliphatic rings. The van der Waals surface area contributed by atoms with Gasteiger partial charge in [0.2, 0.25) is 0 Å². The number of ether oxygens (including phenoxy) is 1. The molecule has 1 aromatic rings. The molecule has 0 saturated carbocycles. The summed E-state index contributed by atoms with van der Waals surface area (Å²) < 4.78 is 4.79. The molecule has 0 aliphatic heterocycles. The van der Waals surface area contributed by atoms with Crippen molar-refractivity contribution in [2.45, 2.75) is 13.8 Å². The van der Waals surface area contributed by atoms with Crippen molar-refractivity contribution in [2.24, 2.45) is 0 Å². The number of pyridine rings is 1. The van der Waals surface area contributed by atoms with Crippen molar-refractivity contribution >= 4 is 11.7 Å². The molecule has 0 saturated heterocycles. The van der Waals surface area contributed by atoms with E-state index in [-0.39, 0.29) is 0 Å². The van der Waals surface area contributed by atoms with Gasteiger partial charge in [-0.25, -0.2) is 4.79 Å². The Hall–Kier alpha value is -1.58. The van der Waals surface area contributed by atoms with E-state index in [0.29, 0.717) is 17.9 Å². The Bertz CT molecular complexity index is 323. The number of hydrogen-bond acceptors (Lipinski definition) is 4. The molecule has 0 atom stereocenters. The highest BCUT2D eigenvalue weighted by Gasteiger charge is 2.10. The topological polar surface area (TPSA) is 65.2 Å². The molecule has 0 aliphatic carbocycles. The zero-order chi connectivity index (χ0) is 9.84. The number of carbonyl (C=O) groups is 1. The molecule has 4 nitrogen and oxygen atoms in total. The fraction of sp³-hybridized carbons (Fsp3) is 0.333. The fourth-order valence-electron chi connectivity index (χ4n) is 0.960. The van der Waals surface area contributed by atoms with Gasteiger partial charge in [0.1, 0.15) is 5.56 Å². The number of carbonyl (C=O) groups excluding carboxylic acids is 1. The van der Waals surface area contributed by atoms with Crippen LogP contribution in [0.15, 0.2) is 12.3 Å². The smallest absolute Gasteiger partial charge is 0.341 e. The van der Waals surface area contributed by atoms with Crippen LogP contribution in [0, 0.1) is 6.92 Å². The van der Waals surface area contributed by atoms with Gasteiger partial charge >= 0.3 is 5.97 Å². The highest BCUT2D eigenvalue weighted by Crippen LogP contribution is 2.12. The minimum atomic E-state index is -0.424. The van der Waals surface area contributed by atoms with Crippen LogP contribution in [0.1, 0.15) is 23.0 Å². The van der Waals surface area contributed by atoms with Gasteiger partial charge in [0.05, 0.1) is 6.61 Å². The summed E-state index contributed by atoms with van der Waals surface area (Å²) in [4.78, 5) is 15.2. The van der Waals surface area contributed by atoms with Crippen molar-refractivity contribution < 1.29 is 9.53 Å². The Kier molecular flexibility index (Phi) is 2.84. The summed E-state index contributed by atoms with van der Waals surface area (Å²) in [5.41, 5.74) is 7.13. The summed E-state index contributed by atoms with van der Waals surface area (Å²) in [5.74, 6) is -0.424. The van der Waals surface area contributed by atoms with E-state index in [0.717, 1.165) is 5.69 Å². The Morgan fingerprint density at radius 1 is 1.69 bits per heavy atom. The molecule has 13 heavy (non-hydrogen) atoms. The quantitative estimate of drug-likeness (QED) is 0.693. The average Bonchev–Trinajstić information content (AvgIpc) is 2.04. The Morgan fingerprint density at radius 3 is 2.92 bits per heavy atom. The Morgan fingerprint density at radius 2 is 2.38 bits per heavy atom. The molecule has 0 amide bonds. The van der Waals surface area contributed by atoms with Crippen LogP contribution in [0.2, 0.25) is 0 Å². The molecule has 2 N–H and O–H groups in total. The number of esters is 1. The minimum Gasteiger partial charge on any atom is -0.462 e. The molecule has 1 aromatic heterocycles. The van der Waals surface area contributed by atoms with Gasteiger partial charge in [-0.15, -0.1) is 0 Å². The van der Waals surface area contributed by atoms with Crippen molar-refractivity contribution in [3.63, 3.8) is 0 Å². The lowest BCUT2D eigenvalue weighted by Gasteiger charge is -2.04. The summed E-state index contributed by atoms with van der Waals surface area (Å²) in [7, 11) is 0. The molecule has 0 unspecified atom stereocenters. The lowest BCUT2D eigenvalue weighted by atomic mass is 10.2. The minimum absolute atomic E-state index is 0.326. The number of nitrogens with zero attached hydrogens (tertiary/aromatic N) is 1. The van der Waals surface area contributed by atoms with Gasteiger partial charge in [-0.05, 0) is 19.9 Å². The van der Waals surface area contributed by atoms with Gasteiger partial charge in [0.25, 0.3) is 0 Å². The van der Waals surface area contributed by atoms with E-state index >= 15 is 0 Å². The first kappa shape index (κ1) is 9.51. The predicted molar refractivity (Wildman–Crippen MR) is 49.3 cm³/mol. The molecule has 0 fully saturated rings. The summed E-state index contributed by atoms with van der Waals surface area (Å²) in [6, 6.07) is 1.65. The second-order valence-electron chi connectivity index (χ2n) is 2.63. The molecule has 0 bridgehead atoms. The first-order valence-electron chi connectivity index (χ1n) is 4.04. The molecule has 0 spiro atoms. The van der Waals surface area contributed by atoms with Gasteiger partial charge in [0.15, 0.2) is 0 Å². The first-order valence-corrected chi connectivity index (χ1v) is 4.04. The zero-order valence-corrected chi connectivity index (χ0v) is 7.70. The largest absolute Gasteiger partial charge is 0.462 e. The highest BCUT2D eigenvalue weighted by molar-refractivity contribution is 5.94. The maximum absolute atomic E-state index is 11.2. The lowest BCUT2D eigenvalue weighted by Crippen LogP contribution is -2.08. The van der Waals surface area contributed by atoms with Crippen LogP contribution < -0.4 is 5.73 Å². The highest BCUT2D eigenvalue weighted by atomic mass is 16.5. The summed E-state index contributed by atoms with van der Waals surface area (Å²) in [6.45, 7) is 3.90. The maximum atomic E-state index is 11.2. The summed E-state index contributed by atoms with van der Waals surface area (Å²) in [6.07, 6.45) is 1.43. The van der Waals surface area contributed by atoms with Crippen LogP contribution in [0.5, 0.6) is 0 Å². The molecule has 70 valence electrons. The third-order valence-corrected chi connectivity index (χ3v) is 1.57. The second kappa shape index (κ2) is 3.89. The monoisotopic (exact) mass is 180 g/mol. The van der Waals surface area contributed by atoms with E-state index in [1.54, 1.807) is 13.0 Å². The van der Waals surface area contributed by atoms with Gasteiger partial charge in [-0.2, -0.15) is 0 Å². The molecular weight excluding hydrogens is 168 g/mol. The maximum Gasteiger partial charge on any atom is 0.341 e. The van der Waals surface area contributed by atoms with Crippen LogP contribution in [0.4, 0.5) is 5.69 Å². The van der Waals surface area contributed by atoms with Crippen molar-refractivity contribution in [1.82, 2.24) is 4.98 Å². The van der Waals surface area contributed by atoms with Crippen LogP contribution in [-0.2, 0) is 4.74 Å². The van der Waals surface area contributed by atoms with Crippen molar-refractivity contribution in [2.75, 3.05) is 12.3 Å². The third kappa shape index (κ3) is 2.18. The number of rotatable bonds is 2. The molecule has 1 heterocycles. The van der Waals surface area contributed by atoms with Crippen LogP contribution in [0.25, 0.3) is 0 Å². The van der Waals surface area contributed by atoms with E-state index in [9.17, 15) is 4.79 Å². The Labute approximate surface area is 76.7 Å². The van der Waals surface area contributed by atoms with E-state index in [4.69, 9.17) is 10.5 Å². The number of anilines is 1. The number of aromatic nitrogens is 1. The second-order valence-corrected chi connectivity index (χ2v) is 2.63. The van der Waals surface area contributed by atoms with E-state index < -0.39 is 5.97 Å². The fourth-order valence-corrected chi connectivity index (χ4v) is 0.960. The SMILES string of the molecule is CCOC(=O)c1cnc(C)cc1N. The van der Waals surface area contributed by atoms with Gasteiger partial charge in [0, 0.05) is 17.6 Å². The van der Waals surface area contributed by atoms with Crippen molar-refractivity contribution in [1.29, 1.82) is 0 Å². The van der Waals surface area contributed by atoms with Gasteiger partial charge < -0.3 is 10.5 Å². The third-order valence-electron chi connectivity index (χ3n) is 1.57. The number of nitrogens with two attached hydrogens (primary N) is 1. The van der Waals surface area contributed by atoms with Gasteiger partial charge in [-0.3, -0.25) is 4.98 Å². The number of aryl methyl sites for hydroxylation is 1. The lowest BCUT2D eigenvalue weighted by molar-refractivity contribution is 0.0527. The van der Waals surface area contributed by atoms with E-state index in [1.807, 2.05) is 6.92 Å². The summed E-state index contributed by atoms with van der Waals surface area (Å²) in [5, 5.41) is 0. The van der Waals surface area contributed by atoms with Crippen molar-refractivity contribution in [3.05, 3.63) is 23.5 Å². The summed E-state index contributed by atoms with van der Waals surface area (Å²) >= 11 is 0. The van der Waals surface area contributed by atoms with Crippen LogP contribution in [-0.4, -0.2) is 17.6 Å². The van der Waals surface area contributed by atoms with Crippen LogP contribution >= 0.6 is 0 Å². The Balaban J connectivity index is 2.95. The van der Waals surface area contributed by atoms with Crippen LogP contribution in [0.3, 0.4) is 0 Å². The molecular formula is C9H12N2O2.